The normalized spacial score (nSPS) is 11.3. The van der Waals surface area contributed by atoms with Crippen molar-refractivity contribution in [1.82, 2.24) is 19.8 Å². The number of fused-ring (bicyclic) bond motifs is 1. The van der Waals surface area contributed by atoms with E-state index in [4.69, 9.17) is 4.74 Å². The van der Waals surface area contributed by atoms with Crippen molar-refractivity contribution in [2.75, 3.05) is 6.26 Å². The highest BCUT2D eigenvalue weighted by atomic mass is 32.2. The average molecular weight is 334 g/mol. The molecule has 1 aromatic carbocycles. The molecular weight excluding hydrogens is 320 g/mol. The third-order valence-corrected chi connectivity index (χ3v) is 4.72. The van der Waals surface area contributed by atoms with Gasteiger partial charge in [-0.15, -0.1) is 15.3 Å². The van der Waals surface area contributed by atoms with Crippen molar-refractivity contribution in [3.05, 3.63) is 34.6 Å². The molecule has 0 aliphatic heterocycles. The molecule has 6 nitrogen and oxygen atoms in total. The highest BCUT2D eigenvalue weighted by Crippen LogP contribution is 2.22. The van der Waals surface area contributed by atoms with E-state index < -0.39 is 0 Å². The van der Waals surface area contributed by atoms with Crippen LogP contribution in [0, 0.1) is 0 Å². The standard InChI is InChI=1S/C14H14N4O2S2/c1-8(2)20-10-6-4-9(5-7-10)11-12(19)18-13(16-15-11)22-14(17-18)21-3/h4-8H,1-3H3. The van der Waals surface area contributed by atoms with Crippen LogP contribution in [0.5, 0.6) is 5.75 Å². The number of benzene rings is 1. The van der Waals surface area contributed by atoms with Gasteiger partial charge >= 0.3 is 5.56 Å². The van der Waals surface area contributed by atoms with Gasteiger partial charge in [-0.1, -0.05) is 23.1 Å². The minimum absolute atomic E-state index is 0.104. The number of hydrogen-bond acceptors (Lipinski definition) is 7. The molecule has 2 aromatic heterocycles. The number of ether oxygens (including phenoxy) is 1. The van der Waals surface area contributed by atoms with Crippen molar-refractivity contribution in [2.45, 2.75) is 24.3 Å². The molecule has 3 rings (SSSR count). The van der Waals surface area contributed by atoms with E-state index >= 15 is 0 Å². The lowest BCUT2D eigenvalue weighted by atomic mass is 10.1. The van der Waals surface area contributed by atoms with E-state index in [1.165, 1.54) is 27.6 Å². The van der Waals surface area contributed by atoms with E-state index in [2.05, 4.69) is 15.3 Å². The zero-order valence-corrected chi connectivity index (χ0v) is 13.9. The van der Waals surface area contributed by atoms with Gasteiger partial charge in [-0.2, -0.15) is 4.52 Å². The van der Waals surface area contributed by atoms with Crippen LogP contribution in [0.2, 0.25) is 0 Å². The van der Waals surface area contributed by atoms with Crippen molar-refractivity contribution < 1.29 is 4.74 Å². The Balaban J connectivity index is 2.02. The summed E-state index contributed by atoms with van der Waals surface area (Å²) in [5, 5.41) is 12.4. The van der Waals surface area contributed by atoms with Crippen LogP contribution in [0.15, 0.2) is 33.4 Å². The summed E-state index contributed by atoms with van der Waals surface area (Å²) in [6.07, 6.45) is 2.01. The maximum Gasteiger partial charge on any atom is 0.302 e. The SMILES string of the molecule is CSc1nn2c(=O)c(-c3ccc(OC(C)C)cc3)nnc2s1. The van der Waals surface area contributed by atoms with Crippen LogP contribution in [0.1, 0.15) is 13.8 Å². The predicted octanol–water partition coefficient (Wildman–Crippen LogP) is 2.72. The van der Waals surface area contributed by atoms with E-state index in [0.29, 0.717) is 10.5 Å². The fourth-order valence-corrected chi connectivity index (χ4v) is 3.22. The first kappa shape index (κ1) is 15.0. The van der Waals surface area contributed by atoms with Crippen LogP contribution < -0.4 is 10.3 Å². The van der Waals surface area contributed by atoms with Gasteiger partial charge < -0.3 is 4.74 Å². The summed E-state index contributed by atoms with van der Waals surface area (Å²) in [6, 6.07) is 7.24. The Bertz CT molecular complexity index is 855. The lowest BCUT2D eigenvalue weighted by Gasteiger charge is -2.09. The molecule has 0 N–H and O–H groups in total. The molecule has 0 saturated carbocycles. The smallest absolute Gasteiger partial charge is 0.302 e. The number of rotatable bonds is 4. The first-order valence-corrected chi connectivity index (χ1v) is 8.70. The van der Waals surface area contributed by atoms with Crippen molar-refractivity contribution in [1.29, 1.82) is 0 Å². The molecule has 0 atom stereocenters. The summed E-state index contributed by atoms with van der Waals surface area (Å²) in [6.45, 7) is 3.93. The van der Waals surface area contributed by atoms with Gasteiger partial charge in [-0.3, -0.25) is 4.79 Å². The van der Waals surface area contributed by atoms with Crippen molar-refractivity contribution in [3.8, 4) is 17.0 Å². The zero-order chi connectivity index (χ0) is 15.7. The predicted molar refractivity (Wildman–Crippen MR) is 87.9 cm³/mol. The van der Waals surface area contributed by atoms with Gasteiger partial charge in [0.15, 0.2) is 10.0 Å². The fraction of sp³-hybridized carbons (Fsp3) is 0.286. The maximum atomic E-state index is 12.5. The summed E-state index contributed by atoms with van der Waals surface area (Å²) < 4.78 is 7.68. The molecule has 0 aliphatic carbocycles. The molecule has 0 radical (unpaired) electrons. The van der Waals surface area contributed by atoms with Crippen molar-refractivity contribution >= 4 is 28.1 Å². The summed E-state index contributed by atoms with van der Waals surface area (Å²) >= 11 is 2.82. The van der Waals surface area contributed by atoms with Gasteiger partial charge in [0.25, 0.3) is 0 Å². The van der Waals surface area contributed by atoms with Crippen LogP contribution >= 0.6 is 23.1 Å². The largest absolute Gasteiger partial charge is 0.491 e. The van der Waals surface area contributed by atoms with Gasteiger partial charge in [0.1, 0.15) is 5.75 Å². The van der Waals surface area contributed by atoms with Crippen LogP contribution in [0.25, 0.3) is 16.2 Å². The highest BCUT2D eigenvalue weighted by Gasteiger charge is 2.13. The molecule has 114 valence electrons. The van der Waals surface area contributed by atoms with Crippen LogP contribution in [0.4, 0.5) is 0 Å². The van der Waals surface area contributed by atoms with Crippen molar-refractivity contribution in [2.24, 2.45) is 0 Å². The maximum absolute atomic E-state index is 12.5. The second-order valence-corrected chi connectivity index (χ2v) is 6.82. The molecule has 0 aliphatic rings. The Morgan fingerprint density at radius 2 is 1.95 bits per heavy atom. The van der Waals surface area contributed by atoms with Gasteiger partial charge in [0.2, 0.25) is 4.96 Å². The third-order valence-electron chi connectivity index (χ3n) is 2.85. The van der Waals surface area contributed by atoms with Crippen LogP contribution in [-0.4, -0.2) is 32.2 Å². The number of aromatic nitrogens is 4. The molecule has 0 fully saturated rings. The van der Waals surface area contributed by atoms with E-state index in [1.807, 2.05) is 32.2 Å². The molecule has 0 bridgehead atoms. The topological polar surface area (TPSA) is 69.4 Å². The minimum Gasteiger partial charge on any atom is -0.491 e. The van der Waals surface area contributed by atoms with Crippen molar-refractivity contribution in [3.63, 3.8) is 0 Å². The first-order valence-electron chi connectivity index (χ1n) is 6.66. The Kier molecular flexibility index (Phi) is 4.12. The monoisotopic (exact) mass is 334 g/mol. The lowest BCUT2D eigenvalue weighted by Crippen LogP contribution is -2.19. The molecule has 0 saturated heterocycles. The zero-order valence-electron chi connectivity index (χ0n) is 12.3. The molecule has 8 heteroatoms. The summed E-state index contributed by atoms with van der Waals surface area (Å²) in [4.78, 5) is 13.0. The Morgan fingerprint density at radius 3 is 2.59 bits per heavy atom. The summed E-state index contributed by atoms with van der Waals surface area (Å²) in [5.74, 6) is 0.756. The summed E-state index contributed by atoms with van der Waals surface area (Å²) in [5.41, 5.74) is 0.715. The fourth-order valence-electron chi connectivity index (χ4n) is 1.92. The number of thioether (sulfide) groups is 1. The number of nitrogens with zero attached hydrogens (tertiary/aromatic N) is 4. The van der Waals surface area contributed by atoms with Crippen LogP contribution in [-0.2, 0) is 0 Å². The van der Waals surface area contributed by atoms with E-state index in [9.17, 15) is 4.79 Å². The first-order chi connectivity index (χ1) is 10.6. The lowest BCUT2D eigenvalue weighted by molar-refractivity contribution is 0.242. The van der Waals surface area contributed by atoms with E-state index in [-0.39, 0.29) is 17.4 Å². The molecule has 0 spiro atoms. The second kappa shape index (κ2) is 6.05. The molecular formula is C14H14N4O2S2. The van der Waals surface area contributed by atoms with Gasteiger partial charge in [0, 0.05) is 5.56 Å². The molecule has 2 heterocycles. The van der Waals surface area contributed by atoms with E-state index in [0.717, 1.165) is 10.1 Å². The van der Waals surface area contributed by atoms with Gasteiger partial charge in [-0.05, 0) is 44.4 Å². The molecule has 22 heavy (non-hydrogen) atoms. The highest BCUT2D eigenvalue weighted by molar-refractivity contribution is 8.00. The molecule has 3 aromatic rings. The number of hydrogen-bond donors (Lipinski definition) is 0. The van der Waals surface area contributed by atoms with Gasteiger partial charge in [-0.25, -0.2) is 0 Å². The Morgan fingerprint density at radius 1 is 1.23 bits per heavy atom. The van der Waals surface area contributed by atoms with Gasteiger partial charge in [0.05, 0.1) is 6.10 Å². The Hall–Kier alpha value is -1.93. The van der Waals surface area contributed by atoms with Crippen LogP contribution in [0.3, 0.4) is 0 Å². The minimum atomic E-state index is -0.265. The second-order valence-electron chi connectivity index (χ2n) is 4.81. The van der Waals surface area contributed by atoms with E-state index in [1.54, 1.807) is 12.1 Å². The third kappa shape index (κ3) is 2.84. The Labute approximate surface area is 135 Å². The average Bonchev–Trinajstić information content (AvgIpc) is 2.92. The quantitative estimate of drug-likeness (QED) is 0.683. The summed E-state index contributed by atoms with van der Waals surface area (Å²) in [7, 11) is 0. The molecule has 0 amide bonds. The molecule has 0 unspecified atom stereocenters.